The lowest BCUT2D eigenvalue weighted by atomic mass is 10.2. The van der Waals surface area contributed by atoms with Crippen LogP contribution in [0.1, 0.15) is 21.8 Å². The molecule has 122 valence electrons. The fourth-order valence-corrected chi connectivity index (χ4v) is 2.44. The minimum absolute atomic E-state index is 0.184. The number of aryl methyl sites for hydroxylation is 1. The molecule has 24 heavy (non-hydrogen) atoms. The Morgan fingerprint density at radius 1 is 1.21 bits per heavy atom. The second-order valence-electron chi connectivity index (χ2n) is 5.34. The Labute approximate surface area is 138 Å². The van der Waals surface area contributed by atoms with Gasteiger partial charge in [0.25, 0.3) is 11.5 Å². The van der Waals surface area contributed by atoms with Crippen molar-refractivity contribution >= 4 is 11.6 Å². The van der Waals surface area contributed by atoms with Gasteiger partial charge in [0.15, 0.2) is 0 Å². The van der Waals surface area contributed by atoms with E-state index in [1.807, 2.05) is 6.07 Å². The summed E-state index contributed by atoms with van der Waals surface area (Å²) in [5.41, 5.74) is 0.206. The lowest BCUT2D eigenvalue weighted by Gasteiger charge is -2.12. The zero-order chi connectivity index (χ0) is 17.1. The van der Waals surface area contributed by atoms with E-state index in [-0.39, 0.29) is 17.9 Å². The van der Waals surface area contributed by atoms with Crippen LogP contribution in [-0.2, 0) is 6.54 Å². The number of rotatable bonds is 4. The van der Waals surface area contributed by atoms with Crippen LogP contribution in [0.3, 0.4) is 0 Å². The summed E-state index contributed by atoms with van der Waals surface area (Å²) < 4.78 is 6.64. The third kappa shape index (κ3) is 3.08. The number of anilines is 1. The minimum atomic E-state index is -0.656. The Kier molecular flexibility index (Phi) is 4.20. The molecule has 0 aliphatic heterocycles. The second kappa shape index (κ2) is 6.45. The highest BCUT2D eigenvalue weighted by molar-refractivity contribution is 6.05. The first-order chi connectivity index (χ1) is 11.6. The Balaban J connectivity index is 1.98. The molecule has 0 bridgehead atoms. The quantitative estimate of drug-likeness (QED) is 0.773. The van der Waals surface area contributed by atoms with E-state index in [4.69, 9.17) is 4.42 Å². The first kappa shape index (κ1) is 15.6. The van der Waals surface area contributed by atoms with Crippen LogP contribution >= 0.6 is 0 Å². The number of aromatic hydroxyl groups is 1. The van der Waals surface area contributed by atoms with Crippen LogP contribution in [0.4, 0.5) is 5.69 Å². The second-order valence-corrected chi connectivity index (χ2v) is 5.34. The molecule has 0 saturated carbocycles. The number of hydrogen-bond acceptors (Lipinski definition) is 4. The SMILES string of the molecule is Cc1cc(O)c(C(=O)Nc2ccccc2)c(=O)n1Cc1ccco1. The molecule has 1 aromatic carbocycles. The van der Waals surface area contributed by atoms with E-state index < -0.39 is 11.5 Å². The number of furan rings is 1. The standard InChI is InChI=1S/C18H16N2O4/c1-12-10-15(21)16(17(22)19-13-6-3-2-4-7-13)18(23)20(12)11-14-8-5-9-24-14/h2-10,21H,11H2,1H3,(H,19,22). The number of benzene rings is 1. The van der Waals surface area contributed by atoms with Crippen LogP contribution in [0.5, 0.6) is 5.75 Å². The van der Waals surface area contributed by atoms with Gasteiger partial charge >= 0.3 is 0 Å². The summed E-state index contributed by atoms with van der Waals surface area (Å²) in [5, 5.41) is 12.7. The van der Waals surface area contributed by atoms with Gasteiger partial charge in [-0.1, -0.05) is 18.2 Å². The summed E-state index contributed by atoms with van der Waals surface area (Å²) in [7, 11) is 0. The van der Waals surface area contributed by atoms with E-state index in [9.17, 15) is 14.7 Å². The first-order valence-corrected chi connectivity index (χ1v) is 7.38. The van der Waals surface area contributed by atoms with Gasteiger partial charge in [0.1, 0.15) is 17.1 Å². The monoisotopic (exact) mass is 324 g/mol. The van der Waals surface area contributed by atoms with E-state index in [2.05, 4.69) is 5.32 Å². The van der Waals surface area contributed by atoms with Crippen LogP contribution in [0.15, 0.2) is 64.0 Å². The molecule has 0 unspecified atom stereocenters. The number of carbonyl (C=O) groups is 1. The number of amides is 1. The number of nitrogens with one attached hydrogen (secondary N) is 1. The number of para-hydroxylation sites is 1. The Morgan fingerprint density at radius 2 is 1.96 bits per heavy atom. The van der Waals surface area contributed by atoms with Crippen molar-refractivity contribution in [2.24, 2.45) is 0 Å². The molecular formula is C18H16N2O4. The van der Waals surface area contributed by atoms with Crippen molar-refractivity contribution in [1.82, 2.24) is 4.57 Å². The molecule has 0 atom stereocenters. The topological polar surface area (TPSA) is 84.5 Å². The van der Waals surface area contributed by atoms with Gasteiger partial charge in [0, 0.05) is 17.4 Å². The summed E-state index contributed by atoms with van der Waals surface area (Å²) in [6, 6.07) is 13.6. The maximum absolute atomic E-state index is 12.7. The number of hydrogen-bond donors (Lipinski definition) is 2. The largest absolute Gasteiger partial charge is 0.507 e. The van der Waals surface area contributed by atoms with Crippen molar-refractivity contribution in [2.45, 2.75) is 13.5 Å². The zero-order valence-corrected chi connectivity index (χ0v) is 13.0. The maximum Gasteiger partial charge on any atom is 0.267 e. The fourth-order valence-electron chi connectivity index (χ4n) is 2.44. The van der Waals surface area contributed by atoms with E-state index in [1.54, 1.807) is 43.3 Å². The van der Waals surface area contributed by atoms with Crippen LogP contribution in [0.2, 0.25) is 0 Å². The molecule has 1 amide bonds. The fraction of sp³-hybridized carbons (Fsp3) is 0.111. The van der Waals surface area contributed by atoms with Crippen molar-refractivity contribution in [3.8, 4) is 5.75 Å². The molecule has 0 radical (unpaired) electrons. The summed E-state index contributed by atoms with van der Waals surface area (Å²) in [4.78, 5) is 25.1. The smallest absolute Gasteiger partial charge is 0.267 e. The predicted molar refractivity (Wildman–Crippen MR) is 89.3 cm³/mol. The van der Waals surface area contributed by atoms with E-state index in [1.165, 1.54) is 16.9 Å². The Hall–Kier alpha value is -3.28. The highest BCUT2D eigenvalue weighted by atomic mass is 16.3. The average Bonchev–Trinajstić information content (AvgIpc) is 3.05. The summed E-state index contributed by atoms with van der Waals surface area (Å²) in [5.74, 6) is -0.418. The summed E-state index contributed by atoms with van der Waals surface area (Å²) in [6.07, 6.45) is 1.51. The highest BCUT2D eigenvalue weighted by Crippen LogP contribution is 2.17. The lowest BCUT2D eigenvalue weighted by Crippen LogP contribution is -2.30. The van der Waals surface area contributed by atoms with E-state index in [0.717, 1.165) is 0 Å². The Bertz CT molecular complexity index is 912. The van der Waals surface area contributed by atoms with Crippen LogP contribution in [0.25, 0.3) is 0 Å². The molecule has 0 fully saturated rings. The predicted octanol–water partition coefficient (Wildman–Crippen LogP) is 2.76. The van der Waals surface area contributed by atoms with E-state index >= 15 is 0 Å². The molecule has 2 N–H and O–H groups in total. The molecular weight excluding hydrogens is 308 g/mol. The van der Waals surface area contributed by atoms with Gasteiger partial charge in [0.05, 0.1) is 12.8 Å². The van der Waals surface area contributed by atoms with Crippen molar-refractivity contribution < 1.29 is 14.3 Å². The normalized spacial score (nSPS) is 10.5. The molecule has 0 aliphatic rings. The van der Waals surface area contributed by atoms with Gasteiger partial charge in [-0.2, -0.15) is 0 Å². The van der Waals surface area contributed by atoms with Gasteiger partial charge in [-0.3, -0.25) is 9.59 Å². The molecule has 0 aliphatic carbocycles. The molecule has 3 rings (SSSR count). The number of nitrogens with zero attached hydrogens (tertiary/aromatic N) is 1. The third-order valence-corrected chi connectivity index (χ3v) is 3.64. The van der Waals surface area contributed by atoms with Crippen LogP contribution < -0.4 is 10.9 Å². The minimum Gasteiger partial charge on any atom is -0.507 e. The van der Waals surface area contributed by atoms with Crippen molar-refractivity contribution in [1.29, 1.82) is 0 Å². The average molecular weight is 324 g/mol. The van der Waals surface area contributed by atoms with Gasteiger partial charge in [0.2, 0.25) is 0 Å². The number of carbonyl (C=O) groups excluding carboxylic acids is 1. The molecule has 6 heteroatoms. The van der Waals surface area contributed by atoms with E-state index in [0.29, 0.717) is 17.1 Å². The molecule has 3 aromatic rings. The summed E-state index contributed by atoms with van der Waals surface area (Å²) in [6.45, 7) is 1.87. The molecule has 2 aromatic heterocycles. The summed E-state index contributed by atoms with van der Waals surface area (Å²) >= 11 is 0. The van der Waals surface area contributed by atoms with Crippen LogP contribution in [-0.4, -0.2) is 15.6 Å². The molecule has 6 nitrogen and oxygen atoms in total. The third-order valence-electron chi connectivity index (χ3n) is 3.64. The van der Waals surface area contributed by atoms with Crippen molar-refractivity contribution in [3.05, 3.63) is 82.2 Å². The molecule has 0 saturated heterocycles. The van der Waals surface area contributed by atoms with Crippen molar-refractivity contribution in [3.63, 3.8) is 0 Å². The Morgan fingerprint density at radius 3 is 2.62 bits per heavy atom. The maximum atomic E-state index is 12.7. The molecule has 2 heterocycles. The highest BCUT2D eigenvalue weighted by Gasteiger charge is 2.20. The lowest BCUT2D eigenvalue weighted by molar-refractivity contribution is 0.102. The van der Waals surface area contributed by atoms with Gasteiger partial charge in [-0.15, -0.1) is 0 Å². The molecule has 0 spiro atoms. The number of aromatic nitrogens is 1. The zero-order valence-electron chi connectivity index (χ0n) is 13.0. The van der Waals surface area contributed by atoms with Gasteiger partial charge in [-0.05, 0) is 31.2 Å². The van der Waals surface area contributed by atoms with Crippen molar-refractivity contribution in [2.75, 3.05) is 5.32 Å². The van der Waals surface area contributed by atoms with Gasteiger partial charge in [-0.25, -0.2) is 0 Å². The number of pyridine rings is 1. The van der Waals surface area contributed by atoms with Crippen LogP contribution in [0, 0.1) is 6.92 Å². The first-order valence-electron chi connectivity index (χ1n) is 7.38. The van der Waals surface area contributed by atoms with Gasteiger partial charge < -0.3 is 19.4 Å².